The Balaban J connectivity index is 2.58. The highest BCUT2D eigenvalue weighted by Gasteiger charge is 2.12. The van der Waals surface area contributed by atoms with E-state index in [1.54, 1.807) is 13.3 Å². The summed E-state index contributed by atoms with van der Waals surface area (Å²) in [5.74, 6) is 1.48. The van der Waals surface area contributed by atoms with Gasteiger partial charge in [-0.2, -0.15) is 5.10 Å². The van der Waals surface area contributed by atoms with Crippen LogP contribution in [0, 0.1) is 5.92 Å². The van der Waals surface area contributed by atoms with Crippen molar-refractivity contribution in [3.05, 3.63) is 11.9 Å². The fourth-order valence-electron chi connectivity index (χ4n) is 1.64. The second kappa shape index (κ2) is 5.75. The van der Waals surface area contributed by atoms with Gasteiger partial charge < -0.3 is 10.1 Å². The normalized spacial score (nSPS) is 12.8. The Labute approximate surface area is 91.6 Å². The summed E-state index contributed by atoms with van der Waals surface area (Å²) < 4.78 is 7.16. The van der Waals surface area contributed by atoms with Crippen molar-refractivity contribution in [2.75, 3.05) is 20.2 Å². The highest BCUT2D eigenvalue weighted by Crippen LogP contribution is 2.19. The summed E-state index contributed by atoms with van der Waals surface area (Å²) in [6.45, 7) is 6.41. The first-order chi connectivity index (χ1) is 7.19. The largest absolute Gasteiger partial charge is 0.493 e. The summed E-state index contributed by atoms with van der Waals surface area (Å²) in [6, 6.07) is 0. The Morgan fingerprint density at radius 2 is 2.33 bits per heavy atom. The Kier molecular flexibility index (Phi) is 4.62. The van der Waals surface area contributed by atoms with Gasteiger partial charge in [0, 0.05) is 7.05 Å². The van der Waals surface area contributed by atoms with Crippen LogP contribution in [0.4, 0.5) is 0 Å². The zero-order chi connectivity index (χ0) is 11.3. The average molecular weight is 211 g/mol. The summed E-state index contributed by atoms with van der Waals surface area (Å²) >= 11 is 0. The molecule has 0 saturated heterocycles. The lowest BCUT2D eigenvalue weighted by Gasteiger charge is -2.12. The first kappa shape index (κ1) is 12.0. The van der Waals surface area contributed by atoms with E-state index in [0.717, 1.165) is 25.3 Å². The molecule has 0 aliphatic carbocycles. The molecule has 1 heterocycles. The lowest BCUT2D eigenvalue weighted by Crippen LogP contribution is -2.22. The fraction of sp³-hybridized carbons (Fsp3) is 0.727. The number of nitrogens with zero attached hydrogens (tertiary/aromatic N) is 2. The highest BCUT2D eigenvalue weighted by molar-refractivity contribution is 5.25. The number of aromatic nitrogens is 2. The molecule has 1 aromatic heterocycles. The van der Waals surface area contributed by atoms with Crippen LogP contribution >= 0.6 is 0 Å². The van der Waals surface area contributed by atoms with Gasteiger partial charge >= 0.3 is 0 Å². The van der Waals surface area contributed by atoms with Gasteiger partial charge in [-0.15, -0.1) is 0 Å². The molecule has 0 radical (unpaired) electrons. The smallest absolute Gasteiger partial charge is 0.159 e. The summed E-state index contributed by atoms with van der Waals surface area (Å²) in [7, 11) is 3.65. The second-order valence-electron chi connectivity index (χ2n) is 3.90. The summed E-state index contributed by atoms with van der Waals surface area (Å²) in [5, 5.41) is 7.54. The maximum atomic E-state index is 5.27. The Hall–Kier alpha value is -1.03. The molecule has 1 aromatic rings. The van der Waals surface area contributed by atoms with Crippen molar-refractivity contribution in [3.63, 3.8) is 0 Å². The van der Waals surface area contributed by atoms with Crippen LogP contribution in [-0.2, 0) is 13.5 Å². The minimum Gasteiger partial charge on any atom is -0.493 e. The third-order valence-electron chi connectivity index (χ3n) is 2.53. The van der Waals surface area contributed by atoms with Gasteiger partial charge in [-0.05, 0) is 25.4 Å². The lowest BCUT2D eigenvalue weighted by molar-refractivity contribution is 0.401. The monoisotopic (exact) mass is 211 g/mol. The molecule has 0 aliphatic rings. The fourth-order valence-corrected chi connectivity index (χ4v) is 1.64. The van der Waals surface area contributed by atoms with Gasteiger partial charge in [0.25, 0.3) is 0 Å². The Bertz CT molecular complexity index is 296. The molecule has 15 heavy (non-hydrogen) atoms. The number of aryl methyl sites for hydroxylation is 1. The third-order valence-corrected chi connectivity index (χ3v) is 2.53. The third kappa shape index (κ3) is 3.23. The van der Waals surface area contributed by atoms with E-state index in [2.05, 4.69) is 24.3 Å². The first-order valence-electron chi connectivity index (χ1n) is 5.44. The summed E-state index contributed by atoms with van der Waals surface area (Å²) in [6.07, 6.45) is 2.77. The molecular formula is C11H21N3O. The van der Waals surface area contributed by atoms with E-state index in [1.807, 2.05) is 11.7 Å². The van der Waals surface area contributed by atoms with Crippen molar-refractivity contribution in [1.29, 1.82) is 0 Å². The standard InChI is InChI=1S/C11H21N3O/c1-5-12-7-9(2)6-10-11(15-4)8-13-14(10)3/h8-9,12H,5-7H2,1-4H3. The maximum Gasteiger partial charge on any atom is 0.159 e. The number of ether oxygens (including phenoxy) is 1. The molecular weight excluding hydrogens is 190 g/mol. The topological polar surface area (TPSA) is 39.1 Å². The predicted octanol–water partition coefficient (Wildman–Crippen LogP) is 1.22. The van der Waals surface area contributed by atoms with E-state index >= 15 is 0 Å². The van der Waals surface area contributed by atoms with Crippen LogP contribution < -0.4 is 10.1 Å². The maximum absolute atomic E-state index is 5.27. The zero-order valence-electron chi connectivity index (χ0n) is 10.1. The average Bonchev–Trinajstić information content (AvgIpc) is 2.57. The molecule has 1 N–H and O–H groups in total. The van der Waals surface area contributed by atoms with E-state index in [9.17, 15) is 0 Å². The molecule has 4 heteroatoms. The van der Waals surface area contributed by atoms with E-state index in [4.69, 9.17) is 4.74 Å². The van der Waals surface area contributed by atoms with Gasteiger partial charge in [0.1, 0.15) is 0 Å². The number of methoxy groups -OCH3 is 1. The number of hydrogen-bond acceptors (Lipinski definition) is 3. The van der Waals surface area contributed by atoms with Crippen LogP contribution in [0.1, 0.15) is 19.5 Å². The summed E-state index contributed by atoms with van der Waals surface area (Å²) in [4.78, 5) is 0. The van der Waals surface area contributed by atoms with E-state index in [1.165, 1.54) is 5.69 Å². The molecule has 1 unspecified atom stereocenters. The second-order valence-corrected chi connectivity index (χ2v) is 3.90. The predicted molar refractivity (Wildman–Crippen MR) is 61.2 cm³/mol. The zero-order valence-corrected chi connectivity index (χ0v) is 10.1. The molecule has 0 fully saturated rings. The van der Waals surface area contributed by atoms with Gasteiger partial charge in [-0.3, -0.25) is 4.68 Å². The first-order valence-corrected chi connectivity index (χ1v) is 5.44. The van der Waals surface area contributed by atoms with Gasteiger partial charge in [0.15, 0.2) is 5.75 Å². The quantitative estimate of drug-likeness (QED) is 0.769. The minimum atomic E-state index is 0.592. The van der Waals surface area contributed by atoms with Gasteiger partial charge in [-0.1, -0.05) is 13.8 Å². The minimum absolute atomic E-state index is 0.592. The Morgan fingerprint density at radius 1 is 1.60 bits per heavy atom. The van der Waals surface area contributed by atoms with Gasteiger partial charge in [-0.25, -0.2) is 0 Å². The van der Waals surface area contributed by atoms with Gasteiger partial charge in [0.05, 0.1) is 19.0 Å². The van der Waals surface area contributed by atoms with E-state index < -0.39 is 0 Å². The molecule has 0 aliphatic heterocycles. The SMILES string of the molecule is CCNCC(C)Cc1c(OC)cnn1C. The van der Waals surface area contributed by atoms with E-state index in [0.29, 0.717) is 5.92 Å². The van der Waals surface area contributed by atoms with Crippen molar-refractivity contribution in [3.8, 4) is 5.75 Å². The molecule has 0 saturated carbocycles. The van der Waals surface area contributed by atoms with E-state index in [-0.39, 0.29) is 0 Å². The van der Waals surface area contributed by atoms with Crippen LogP contribution in [-0.4, -0.2) is 30.0 Å². The van der Waals surface area contributed by atoms with Crippen LogP contribution in [0.2, 0.25) is 0 Å². The molecule has 0 amide bonds. The highest BCUT2D eigenvalue weighted by atomic mass is 16.5. The van der Waals surface area contributed by atoms with Gasteiger partial charge in [0.2, 0.25) is 0 Å². The molecule has 4 nitrogen and oxygen atoms in total. The van der Waals surface area contributed by atoms with Crippen molar-refractivity contribution >= 4 is 0 Å². The van der Waals surface area contributed by atoms with Crippen molar-refractivity contribution < 1.29 is 4.74 Å². The molecule has 0 spiro atoms. The van der Waals surface area contributed by atoms with Crippen molar-refractivity contribution in [2.45, 2.75) is 20.3 Å². The number of rotatable bonds is 6. The summed E-state index contributed by atoms with van der Waals surface area (Å²) in [5.41, 5.74) is 1.17. The van der Waals surface area contributed by atoms with Crippen molar-refractivity contribution in [1.82, 2.24) is 15.1 Å². The molecule has 0 bridgehead atoms. The molecule has 86 valence electrons. The number of hydrogen-bond donors (Lipinski definition) is 1. The molecule has 1 rings (SSSR count). The van der Waals surface area contributed by atoms with Crippen LogP contribution in [0.3, 0.4) is 0 Å². The molecule has 1 atom stereocenters. The number of nitrogens with one attached hydrogen (secondary N) is 1. The van der Waals surface area contributed by atoms with Crippen LogP contribution in [0.5, 0.6) is 5.75 Å². The van der Waals surface area contributed by atoms with Crippen LogP contribution in [0.25, 0.3) is 0 Å². The van der Waals surface area contributed by atoms with Crippen LogP contribution in [0.15, 0.2) is 6.20 Å². The molecule has 0 aromatic carbocycles. The van der Waals surface area contributed by atoms with Crippen molar-refractivity contribution in [2.24, 2.45) is 13.0 Å². The lowest BCUT2D eigenvalue weighted by atomic mass is 10.1. The Morgan fingerprint density at radius 3 is 2.93 bits per heavy atom.